The number of pyridine rings is 2. The Morgan fingerprint density at radius 2 is 0.969 bits per heavy atom. The number of oxime groups is 2. The Labute approximate surface area is 198 Å². The molecule has 0 amide bonds. The molecule has 0 fully saturated rings. The number of benzene rings is 1. The zero-order chi connectivity index (χ0) is 21.0. The van der Waals surface area contributed by atoms with Crippen LogP contribution in [0.2, 0.25) is 0 Å². The lowest BCUT2D eigenvalue weighted by Gasteiger charge is -2.05. The van der Waals surface area contributed by atoms with Crippen molar-refractivity contribution in [2.75, 3.05) is 0 Å². The Morgan fingerprint density at radius 3 is 1.28 bits per heavy atom. The van der Waals surface area contributed by atoms with Crippen molar-refractivity contribution in [2.45, 2.75) is 26.7 Å². The molecule has 10 heteroatoms. The SMILES string of the molecule is O/N=C/c1cc[n+](COCc2ccc(COC[n+]3ccc(/C=N/O)cc3)cc2)cc1.[Cl-].[Cl-]. The second kappa shape index (κ2) is 14.9. The molecule has 0 atom stereocenters. The summed E-state index contributed by atoms with van der Waals surface area (Å²) in [5.74, 6) is 0. The summed E-state index contributed by atoms with van der Waals surface area (Å²) in [5.41, 5.74) is 3.80. The monoisotopic (exact) mass is 478 g/mol. The van der Waals surface area contributed by atoms with Crippen molar-refractivity contribution < 1.29 is 53.8 Å². The van der Waals surface area contributed by atoms with Gasteiger partial charge in [0.05, 0.1) is 25.6 Å². The van der Waals surface area contributed by atoms with Crippen LogP contribution in [0.4, 0.5) is 0 Å². The first-order chi connectivity index (χ1) is 14.8. The van der Waals surface area contributed by atoms with Gasteiger partial charge in [0.25, 0.3) is 13.5 Å². The van der Waals surface area contributed by atoms with Crippen molar-refractivity contribution in [3.05, 3.63) is 95.6 Å². The Morgan fingerprint density at radius 1 is 0.625 bits per heavy atom. The van der Waals surface area contributed by atoms with E-state index in [9.17, 15) is 0 Å². The predicted molar refractivity (Wildman–Crippen MR) is 108 cm³/mol. The second-order valence-corrected chi connectivity index (χ2v) is 6.55. The molecule has 32 heavy (non-hydrogen) atoms. The summed E-state index contributed by atoms with van der Waals surface area (Å²) in [7, 11) is 0. The molecule has 2 heterocycles. The molecule has 0 bridgehead atoms. The largest absolute Gasteiger partial charge is 1.00 e. The maximum absolute atomic E-state index is 8.52. The van der Waals surface area contributed by atoms with Crippen LogP contribution in [0.15, 0.2) is 83.6 Å². The van der Waals surface area contributed by atoms with E-state index in [1.54, 1.807) is 0 Å². The van der Waals surface area contributed by atoms with Crippen LogP contribution in [0.1, 0.15) is 22.3 Å². The van der Waals surface area contributed by atoms with Crippen molar-refractivity contribution >= 4 is 12.4 Å². The third-order valence-corrected chi connectivity index (χ3v) is 4.29. The first kappa shape index (κ1) is 27.0. The maximum Gasteiger partial charge on any atom is 0.252 e. The van der Waals surface area contributed by atoms with E-state index in [0.717, 1.165) is 22.3 Å². The highest BCUT2D eigenvalue weighted by molar-refractivity contribution is 5.78. The van der Waals surface area contributed by atoms with E-state index in [1.807, 2.05) is 82.5 Å². The van der Waals surface area contributed by atoms with E-state index in [2.05, 4.69) is 10.3 Å². The normalized spacial score (nSPS) is 10.8. The summed E-state index contributed by atoms with van der Waals surface area (Å²) in [5, 5.41) is 23.0. The van der Waals surface area contributed by atoms with Gasteiger partial charge in [0.1, 0.15) is 0 Å². The molecule has 0 saturated heterocycles. The number of halogens is 2. The zero-order valence-corrected chi connectivity index (χ0v) is 18.7. The van der Waals surface area contributed by atoms with Crippen molar-refractivity contribution in [3.63, 3.8) is 0 Å². The Bertz CT molecular complexity index is 886. The standard InChI is InChI=1S/C22H22N4O4.2ClH/c27-23-13-19-5-9-25(10-6-19)17-29-15-21-1-2-22(4-3-21)16-30-18-26-11-7-20(8-12-26)14-24-28;;/h1-14H,15-18H2;2*1H. The lowest BCUT2D eigenvalue weighted by molar-refractivity contribution is -0.734. The fourth-order valence-electron chi connectivity index (χ4n) is 2.68. The van der Waals surface area contributed by atoms with Gasteiger partial charge in [-0.05, 0) is 11.1 Å². The summed E-state index contributed by atoms with van der Waals surface area (Å²) in [6.45, 7) is 1.88. The maximum atomic E-state index is 8.52. The van der Waals surface area contributed by atoms with Crippen LogP contribution in [0, 0.1) is 0 Å². The van der Waals surface area contributed by atoms with Gasteiger partial charge in [0, 0.05) is 35.4 Å². The fourth-order valence-corrected chi connectivity index (χ4v) is 2.68. The molecule has 8 nitrogen and oxygen atoms in total. The first-order valence-corrected chi connectivity index (χ1v) is 9.33. The van der Waals surface area contributed by atoms with Gasteiger partial charge in [-0.25, -0.2) is 0 Å². The molecular weight excluding hydrogens is 455 g/mol. The summed E-state index contributed by atoms with van der Waals surface area (Å²) < 4.78 is 15.3. The smallest absolute Gasteiger partial charge is 0.252 e. The van der Waals surface area contributed by atoms with Gasteiger partial charge >= 0.3 is 0 Å². The van der Waals surface area contributed by atoms with E-state index in [0.29, 0.717) is 26.7 Å². The van der Waals surface area contributed by atoms with E-state index in [1.165, 1.54) is 12.4 Å². The molecule has 1 aromatic carbocycles. The molecule has 2 N–H and O–H groups in total. The van der Waals surface area contributed by atoms with E-state index in [4.69, 9.17) is 19.9 Å². The quantitative estimate of drug-likeness (QED) is 0.135. The van der Waals surface area contributed by atoms with Gasteiger partial charge < -0.3 is 44.7 Å². The molecule has 0 aliphatic rings. The average molecular weight is 479 g/mol. The van der Waals surface area contributed by atoms with Crippen LogP contribution in [0.3, 0.4) is 0 Å². The lowest BCUT2D eigenvalue weighted by atomic mass is 10.1. The summed E-state index contributed by atoms with van der Waals surface area (Å²) in [6.07, 6.45) is 10.2. The fraction of sp³-hybridized carbons (Fsp3) is 0.182. The third kappa shape index (κ3) is 8.99. The first-order valence-electron chi connectivity index (χ1n) is 9.33. The molecule has 3 aromatic rings. The molecular formula is C22H24Cl2N4O4. The van der Waals surface area contributed by atoms with Crippen molar-refractivity contribution in [2.24, 2.45) is 10.3 Å². The molecule has 0 aliphatic carbocycles. The van der Waals surface area contributed by atoms with Gasteiger partial charge in [-0.2, -0.15) is 9.13 Å². The molecule has 0 radical (unpaired) electrons. The van der Waals surface area contributed by atoms with E-state index in [-0.39, 0.29) is 24.8 Å². The lowest BCUT2D eigenvalue weighted by Crippen LogP contribution is -3.00. The number of ether oxygens (including phenoxy) is 2. The van der Waals surface area contributed by atoms with Crippen LogP contribution in [0.5, 0.6) is 0 Å². The van der Waals surface area contributed by atoms with Crippen LogP contribution in [-0.2, 0) is 36.1 Å². The topological polar surface area (TPSA) is 91.4 Å². The molecule has 2 aromatic heterocycles. The van der Waals surface area contributed by atoms with Crippen molar-refractivity contribution in [1.29, 1.82) is 0 Å². The van der Waals surface area contributed by atoms with Gasteiger partial charge in [0.2, 0.25) is 0 Å². The van der Waals surface area contributed by atoms with Crippen molar-refractivity contribution in [3.8, 4) is 0 Å². The number of hydrogen-bond donors (Lipinski definition) is 2. The molecule has 3 rings (SSSR count). The van der Waals surface area contributed by atoms with E-state index < -0.39 is 0 Å². The molecule has 0 spiro atoms. The average Bonchev–Trinajstić information content (AvgIpc) is 2.78. The zero-order valence-electron chi connectivity index (χ0n) is 17.2. The van der Waals surface area contributed by atoms with Gasteiger partial charge in [-0.1, -0.05) is 34.6 Å². The highest BCUT2D eigenvalue weighted by Crippen LogP contribution is 2.07. The van der Waals surface area contributed by atoms with Crippen LogP contribution >= 0.6 is 0 Å². The van der Waals surface area contributed by atoms with Gasteiger partial charge in [-0.3, -0.25) is 0 Å². The Kier molecular flexibility index (Phi) is 12.5. The number of aromatic nitrogens is 2. The van der Waals surface area contributed by atoms with E-state index >= 15 is 0 Å². The summed E-state index contributed by atoms with van der Waals surface area (Å²) >= 11 is 0. The Hall–Kier alpha value is -3.04. The molecule has 0 aliphatic heterocycles. The predicted octanol–water partition coefficient (Wildman–Crippen LogP) is -3.77. The highest BCUT2D eigenvalue weighted by Gasteiger charge is 2.03. The molecule has 0 unspecified atom stereocenters. The number of nitrogens with zero attached hydrogens (tertiary/aromatic N) is 4. The molecule has 170 valence electrons. The minimum Gasteiger partial charge on any atom is -1.00 e. The van der Waals surface area contributed by atoms with Gasteiger partial charge in [0.15, 0.2) is 24.8 Å². The molecule has 0 saturated carbocycles. The van der Waals surface area contributed by atoms with Crippen molar-refractivity contribution in [1.82, 2.24) is 0 Å². The third-order valence-electron chi connectivity index (χ3n) is 4.29. The highest BCUT2D eigenvalue weighted by atomic mass is 35.5. The number of hydrogen-bond acceptors (Lipinski definition) is 6. The minimum absolute atomic E-state index is 0. The Balaban J connectivity index is 0.00000256. The van der Waals surface area contributed by atoms with Crippen LogP contribution in [0.25, 0.3) is 0 Å². The van der Waals surface area contributed by atoms with Crippen LogP contribution in [-0.4, -0.2) is 22.8 Å². The summed E-state index contributed by atoms with van der Waals surface area (Å²) in [4.78, 5) is 0. The second-order valence-electron chi connectivity index (χ2n) is 6.55. The van der Waals surface area contributed by atoms with Gasteiger partial charge in [-0.15, -0.1) is 0 Å². The minimum atomic E-state index is 0. The summed E-state index contributed by atoms with van der Waals surface area (Å²) in [6, 6.07) is 15.5. The number of rotatable bonds is 10. The van der Waals surface area contributed by atoms with Crippen LogP contribution < -0.4 is 33.9 Å².